The van der Waals surface area contributed by atoms with Crippen molar-refractivity contribution in [2.75, 3.05) is 18.1 Å². The van der Waals surface area contributed by atoms with E-state index in [4.69, 9.17) is 4.74 Å². The van der Waals surface area contributed by atoms with Gasteiger partial charge in [0.1, 0.15) is 5.82 Å². The summed E-state index contributed by atoms with van der Waals surface area (Å²) in [6.07, 6.45) is 1.53. The van der Waals surface area contributed by atoms with E-state index in [0.717, 1.165) is 23.8 Å². The number of hydrogen-bond acceptors (Lipinski definition) is 6. The third-order valence-electron chi connectivity index (χ3n) is 3.87. The Morgan fingerprint density at radius 3 is 2.76 bits per heavy atom. The van der Waals surface area contributed by atoms with Crippen molar-refractivity contribution in [3.8, 4) is 17.0 Å². The minimum atomic E-state index is -0.701. The number of aromatic nitrogens is 1. The Morgan fingerprint density at radius 2 is 2.07 bits per heavy atom. The molecule has 0 fully saturated rings. The lowest BCUT2D eigenvalue weighted by atomic mass is 10.2. The molecule has 1 amide bonds. The van der Waals surface area contributed by atoms with Crippen LogP contribution in [0.15, 0.2) is 66.6 Å². The molecule has 0 N–H and O–H groups in total. The van der Waals surface area contributed by atoms with Crippen molar-refractivity contribution in [2.24, 2.45) is 0 Å². The van der Waals surface area contributed by atoms with Gasteiger partial charge in [0.2, 0.25) is 5.75 Å². The molecule has 1 aromatic heterocycles. The second-order valence-corrected chi connectivity index (χ2v) is 6.67. The number of carbonyl (C=O) groups is 1. The summed E-state index contributed by atoms with van der Waals surface area (Å²) >= 11 is 1.28. The number of nitrogens with zero attached hydrogens (tertiary/aromatic N) is 3. The highest BCUT2D eigenvalue weighted by molar-refractivity contribution is 7.14. The topological polar surface area (TPSA) is 85.6 Å². The van der Waals surface area contributed by atoms with Gasteiger partial charge in [0.25, 0.3) is 5.91 Å². The number of carbonyl (C=O) groups excluding carboxylic acids is 1. The first-order valence-electron chi connectivity index (χ1n) is 8.48. The highest BCUT2D eigenvalue weighted by Crippen LogP contribution is 2.29. The number of anilines is 1. The predicted molar refractivity (Wildman–Crippen MR) is 109 cm³/mol. The summed E-state index contributed by atoms with van der Waals surface area (Å²) in [6, 6.07) is 12.3. The minimum Gasteiger partial charge on any atom is -0.477 e. The van der Waals surface area contributed by atoms with Crippen LogP contribution in [0, 0.1) is 15.9 Å². The van der Waals surface area contributed by atoms with Gasteiger partial charge in [-0.2, -0.15) is 0 Å². The van der Waals surface area contributed by atoms with E-state index in [0.29, 0.717) is 10.8 Å². The quantitative estimate of drug-likeness (QED) is 0.309. The lowest BCUT2D eigenvalue weighted by molar-refractivity contribution is -0.385. The maximum absolute atomic E-state index is 13.4. The van der Waals surface area contributed by atoms with Gasteiger partial charge in [0.15, 0.2) is 11.7 Å². The molecular weight excluding hydrogens is 397 g/mol. The van der Waals surface area contributed by atoms with Crippen molar-refractivity contribution in [1.82, 2.24) is 4.98 Å². The fourth-order valence-electron chi connectivity index (χ4n) is 2.52. The minimum absolute atomic E-state index is 0.176. The Balaban J connectivity index is 1.77. The molecule has 0 unspecified atom stereocenters. The van der Waals surface area contributed by atoms with Crippen molar-refractivity contribution in [3.05, 3.63) is 82.5 Å². The molecule has 2 aromatic carbocycles. The first-order valence-corrected chi connectivity index (χ1v) is 9.36. The van der Waals surface area contributed by atoms with E-state index in [1.54, 1.807) is 0 Å². The summed E-state index contributed by atoms with van der Waals surface area (Å²) in [7, 11) is 0. The van der Waals surface area contributed by atoms with Crippen LogP contribution in [-0.4, -0.2) is 29.0 Å². The highest BCUT2D eigenvalue weighted by Gasteiger charge is 2.22. The fourth-order valence-corrected chi connectivity index (χ4v) is 3.38. The van der Waals surface area contributed by atoms with Crippen LogP contribution in [0.4, 0.5) is 15.2 Å². The number of nitro benzene ring substituents is 1. The monoisotopic (exact) mass is 413 g/mol. The molecule has 3 rings (SSSR count). The fraction of sp³-hybridized carbons (Fsp3) is 0.100. The van der Waals surface area contributed by atoms with E-state index in [9.17, 15) is 19.3 Å². The zero-order chi connectivity index (χ0) is 20.8. The molecule has 0 bridgehead atoms. The summed E-state index contributed by atoms with van der Waals surface area (Å²) in [5.74, 6) is -1.50. The third kappa shape index (κ3) is 4.82. The number of hydrogen-bond donors (Lipinski definition) is 0. The molecule has 9 heteroatoms. The lowest BCUT2D eigenvalue weighted by Crippen LogP contribution is -2.35. The number of nitro groups is 1. The van der Waals surface area contributed by atoms with Crippen LogP contribution < -0.4 is 9.64 Å². The van der Waals surface area contributed by atoms with Gasteiger partial charge >= 0.3 is 5.69 Å². The van der Waals surface area contributed by atoms with Crippen LogP contribution >= 0.6 is 11.3 Å². The summed E-state index contributed by atoms with van der Waals surface area (Å²) in [4.78, 5) is 28.9. The number of benzene rings is 2. The number of thiazole rings is 1. The molecule has 0 spiro atoms. The molecule has 0 saturated heterocycles. The third-order valence-corrected chi connectivity index (χ3v) is 4.74. The molecule has 0 saturated carbocycles. The van der Waals surface area contributed by atoms with Gasteiger partial charge < -0.3 is 4.74 Å². The predicted octanol–water partition coefficient (Wildman–Crippen LogP) is 4.46. The second kappa shape index (κ2) is 9.07. The van der Waals surface area contributed by atoms with Gasteiger partial charge in [0.05, 0.1) is 10.6 Å². The molecule has 1 heterocycles. The van der Waals surface area contributed by atoms with Crippen molar-refractivity contribution >= 4 is 28.1 Å². The van der Waals surface area contributed by atoms with Gasteiger partial charge in [-0.1, -0.05) is 36.4 Å². The van der Waals surface area contributed by atoms with Crippen LogP contribution in [0.3, 0.4) is 0 Å². The summed E-state index contributed by atoms with van der Waals surface area (Å²) < 4.78 is 18.7. The molecular formula is C20H16FN3O4S. The standard InChI is InChI=1S/C20H16FN3O4S/c1-2-10-23(20-22-16(13-29-20)14-6-4-3-5-7-14)19(25)12-28-18-11-15(21)8-9-17(18)24(26)27/h2-9,11,13H,1,10,12H2. The van der Waals surface area contributed by atoms with E-state index >= 15 is 0 Å². The van der Waals surface area contributed by atoms with E-state index in [-0.39, 0.29) is 12.3 Å². The highest BCUT2D eigenvalue weighted by atomic mass is 32.1. The zero-order valence-electron chi connectivity index (χ0n) is 15.2. The summed E-state index contributed by atoms with van der Waals surface area (Å²) in [5, 5.41) is 13.3. The van der Waals surface area contributed by atoms with Crippen LogP contribution in [0.2, 0.25) is 0 Å². The molecule has 0 aliphatic rings. The van der Waals surface area contributed by atoms with E-state index in [2.05, 4.69) is 11.6 Å². The summed E-state index contributed by atoms with van der Waals surface area (Å²) in [6.45, 7) is 3.30. The Labute approximate surface area is 169 Å². The Hall–Kier alpha value is -3.59. The molecule has 0 radical (unpaired) electrons. The van der Waals surface area contributed by atoms with Crippen LogP contribution in [0.25, 0.3) is 11.3 Å². The Kier molecular flexibility index (Phi) is 6.30. The SMILES string of the molecule is C=CCN(C(=O)COc1cc(F)ccc1[N+](=O)[O-])c1nc(-c2ccccc2)cs1. The Morgan fingerprint density at radius 1 is 1.31 bits per heavy atom. The average molecular weight is 413 g/mol. The molecule has 7 nitrogen and oxygen atoms in total. The number of halogens is 1. The average Bonchev–Trinajstić information content (AvgIpc) is 3.20. The molecule has 0 atom stereocenters. The molecule has 29 heavy (non-hydrogen) atoms. The van der Waals surface area contributed by atoms with Crippen LogP contribution in [-0.2, 0) is 4.79 Å². The van der Waals surface area contributed by atoms with E-state index in [1.807, 2.05) is 35.7 Å². The number of rotatable bonds is 8. The molecule has 0 aliphatic heterocycles. The largest absolute Gasteiger partial charge is 0.477 e. The molecule has 3 aromatic rings. The van der Waals surface area contributed by atoms with Gasteiger partial charge in [-0.3, -0.25) is 19.8 Å². The van der Waals surface area contributed by atoms with E-state index in [1.165, 1.54) is 22.3 Å². The van der Waals surface area contributed by atoms with Gasteiger partial charge in [0, 0.05) is 29.6 Å². The Bertz CT molecular complexity index is 1040. The van der Waals surface area contributed by atoms with Gasteiger partial charge in [-0.25, -0.2) is 9.37 Å². The maximum atomic E-state index is 13.4. The molecule has 148 valence electrons. The first-order chi connectivity index (χ1) is 14.0. The van der Waals surface area contributed by atoms with Crippen molar-refractivity contribution in [1.29, 1.82) is 0 Å². The zero-order valence-corrected chi connectivity index (χ0v) is 16.0. The smallest absolute Gasteiger partial charge is 0.311 e. The van der Waals surface area contributed by atoms with Crippen molar-refractivity contribution in [3.63, 3.8) is 0 Å². The normalized spacial score (nSPS) is 10.4. The number of ether oxygens (including phenoxy) is 1. The lowest BCUT2D eigenvalue weighted by Gasteiger charge is -2.18. The van der Waals surface area contributed by atoms with Crippen molar-refractivity contribution < 1.29 is 18.8 Å². The molecule has 0 aliphatic carbocycles. The van der Waals surface area contributed by atoms with Crippen molar-refractivity contribution in [2.45, 2.75) is 0 Å². The van der Waals surface area contributed by atoms with E-state index < -0.39 is 28.9 Å². The van der Waals surface area contributed by atoms with Gasteiger partial charge in [-0.15, -0.1) is 17.9 Å². The maximum Gasteiger partial charge on any atom is 0.311 e. The van der Waals surface area contributed by atoms with Gasteiger partial charge in [-0.05, 0) is 6.07 Å². The second-order valence-electron chi connectivity index (χ2n) is 5.83. The number of amides is 1. The van der Waals surface area contributed by atoms with Crippen LogP contribution in [0.5, 0.6) is 5.75 Å². The first kappa shape index (κ1) is 20.2. The van der Waals surface area contributed by atoms with Crippen LogP contribution in [0.1, 0.15) is 0 Å². The summed E-state index contributed by atoms with van der Waals surface area (Å²) in [5.41, 5.74) is 1.21.